The molecule has 18 heavy (non-hydrogen) atoms. The van der Waals surface area contributed by atoms with Crippen molar-refractivity contribution in [3.05, 3.63) is 17.5 Å². The lowest BCUT2D eigenvalue weighted by molar-refractivity contribution is 0.529. The first-order valence-electron chi connectivity index (χ1n) is 6.96. The van der Waals surface area contributed by atoms with Gasteiger partial charge in [0.1, 0.15) is 0 Å². The third-order valence-corrected chi connectivity index (χ3v) is 3.70. The summed E-state index contributed by atoms with van der Waals surface area (Å²) in [6, 6.07) is 0. The van der Waals surface area contributed by atoms with Gasteiger partial charge in [-0.05, 0) is 32.7 Å². The molecule has 2 rings (SSSR count). The van der Waals surface area contributed by atoms with Crippen LogP contribution in [0.25, 0.3) is 0 Å². The van der Waals surface area contributed by atoms with Crippen molar-refractivity contribution < 1.29 is 0 Å². The largest absolute Gasteiger partial charge is 0.341 e. The van der Waals surface area contributed by atoms with Crippen LogP contribution in [0.2, 0.25) is 0 Å². The molecule has 1 saturated heterocycles. The highest BCUT2D eigenvalue weighted by Gasteiger charge is 2.23. The molecule has 0 bridgehead atoms. The van der Waals surface area contributed by atoms with Gasteiger partial charge in [0.2, 0.25) is 5.95 Å². The average Bonchev–Trinajstić information content (AvgIpc) is 2.81. The van der Waals surface area contributed by atoms with Crippen molar-refractivity contribution in [2.45, 2.75) is 39.7 Å². The number of aryl methyl sites for hydroxylation is 1. The van der Waals surface area contributed by atoms with Gasteiger partial charge in [-0.15, -0.1) is 0 Å². The highest BCUT2D eigenvalue weighted by Crippen LogP contribution is 2.24. The molecule has 1 aromatic heterocycles. The van der Waals surface area contributed by atoms with Gasteiger partial charge in [0.25, 0.3) is 0 Å². The van der Waals surface area contributed by atoms with Crippen molar-refractivity contribution in [1.82, 2.24) is 15.3 Å². The predicted octanol–water partition coefficient (Wildman–Crippen LogP) is 2.13. The zero-order valence-electron chi connectivity index (χ0n) is 11.7. The van der Waals surface area contributed by atoms with Crippen molar-refractivity contribution >= 4 is 5.95 Å². The zero-order valence-corrected chi connectivity index (χ0v) is 11.7. The number of rotatable bonds is 5. The molecule has 2 heterocycles. The van der Waals surface area contributed by atoms with E-state index in [0.29, 0.717) is 0 Å². The molecule has 1 unspecified atom stereocenters. The SMILES string of the molecule is CCCC1CCN(c2ncc(CNC)c(C)n2)C1. The van der Waals surface area contributed by atoms with Crippen molar-refractivity contribution in [1.29, 1.82) is 0 Å². The van der Waals surface area contributed by atoms with Crippen LogP contribution in [0.4, 0.5) is 5.95 Å². The van der Waals surface area contributed by atoms with E-state index in [4.69, 9.17) is 0 Å². The number of nitrogens with zero attached hydrogens (tertiary/aromatic N) is 3. The Hall–Kier alpha value is -1.16. The van der Waals surface area contributed by atoms with E-state index in [1.165, 1.54) is 24.8 Å². The Morgan fingerprint density at radius 3 is 3.00 bits per heavy atom. The fraction of sp³-hybridized carbons (Fsp3) is 0.714. The first-order chi connectivity index (χ1) is 8.74. The summed E-state index contributed by atoms with van der Waals surface area (Å²) in [6.07, 6.45) is 5.85. The van der Waals surface area contributed by atoms with Crippen LogP contribution < -0.4 is 10.2 Å². The Kier molecular flexibility index (Phi) is 4.53. The van der Waals surface area contributed by atoms with Gasteiger partial charge in [-0.25, -0.2) is 9.97 Å². The van der Waals surface area contributed by atoms with Gasteiger partial charge in [0.05, 0.1) is 0 Å². The molecule has 0 saturated carbocycles. The molecule has 0 amide bonds. The average molecular weight is 248 g/mol. The second-order valence-electron chi connectivity index (χ2n) is 5.20. The summed E-state index contributed by atoms with van der Waals surface area (Å²) in [4.78, 5) is 11.5. The molecule has 4 nitrogen and oxygen atoms in total. The first-order valence-corrected chi connectivity index (χ1v) is 6.96. The Bertz CT molecular complexity index is 391. The number of anilines is 1. The van der Waals surface area contributed by atoms with Gasteiger partial charge >= 0.3 is 0 Å². The zero-order chi connectivity index (χ0) is 13.0. The lowest BCUT2D eigenvalue weighted by Gasteiger charge is -2.17. The molecule has 0 spiro atoms. The van der Waals surface area contributed by atoms with E-state index in [-0.39, 0.29) is 0 Å². The van der Waals surface area contributed by atoms with Gasteiger partial charge in [0.15, 0.2) is 0 Å². The normalized spacial score (nSPS) is 19.5. The van der Waals surface area contributed by atoms with Crippen LogP contribution in [0, 0.1) is 12.8 Å². The molecule has 0 aromatic carbocycles. The number of hydrogen-bond donors (Lipinski definition) is 1. The van der Waals surface area contributed by atoms with Crippen LogP contribution in [-0.4, -0.2) is 30.1 Å². The van der Waals surface area contributed by atoms with Crippen molar-refractivity contribution in [3.8, 4) is 0 Å². The molecule has 1 fully saturated rings. The van der Waals surface area contributed by atoms with Gasteiger partial charge < -0.3 is 10.2 Å². The van der Waals surface area contributed by atoms with E-state index < -0.39 is 0 Å². The summed E-state index contributed by atoms with van der Waals surface area (Å²) in [5.74, 6) is 1.74. The fourth-order valence-corrected chi connectivity index (χ4v) is 2.65. The highest BCUT2D eigenvalue weighted by atomic mass is 15.3. The molecule has 1 atom stereocenters. The van der Waals surface area contributed by atoms with Crippen LogP contribution >= 0.6 is 0 Å². The van der Waals surface area contributed by atoms with E-state index >= 15 is 0 Å². The fourth-order valence-electron chi connectivity index (χ4n) is 2.65. The smallest absolute Gasteiger partial charge is 0.225 e. The van der Waals surface area contributed by atoms with Crippen molar-refractivity contribution in [2.75, 3.05) is 25.0 Å². The number of hydrogen-bond acceptors (Lipinski definition) is 4. The maximum absolute atomic E-state index is 4.64. The third-order valence-electron chi connectivity index (χ3n) is 3.70. The molecule has 1 aliphatic heterocycles. The molecule has 1 N–H and O–H groups in total. The summed E-state index contributed by atoms with van der Waals surface area (Å²) >= 11 is 0. The minimum atomic E-state index is 0.830. The molecule has 0 radical (unpaired) electrons. The van der Waals surface area contributed by atoms with Gasteiger partial charge in [-0.3, -0.25) is 0 Å². The molecule has 1 aromatic rings. The second kappa shape index (κ2) is 6.14. The third kappa shape index (κ3) is 2.99. The van der Waals surface area contributed by atoms with Crippen molar-refractivity contribution in [3.63, 3.8) is 0 Å². The summed E-state index contributed by atoms with van der Waals surface area (Å²) < 4.78 is 0. The molecular weight excluding hydrogens is 224 g/mol. The van der Waals surface area contributed by atoms with E-state index in [2.05, 4.69) is 34.0 Å². The van der Waals surface area contributed by atoms with E-state index in [1.807, 2.05) is 13.2 Å². The summed E-state index contributed by atoms with van der Waals surface area (Å²) in [6.45, 7) is 7.39. The maximum Gasteiger partial charge on any atom is 0.225 e. The van der Waals surface area contributed by atoms with Gasteiger partial charge in [0, 0.05) is 37.1 Å². The minimum Gasteiger partial charge on any atom is -0.341 e. The lowest BCUT2D eigenvalue weighted by Crippen LogP contribution is -2.23. The Labute approximate surface area is 110 Å². The minimum absolute atomic E-state index is 0.830. The Balaban J connectivity index is 2.04. The van der Waals surface area contributed by atoms with E-state index in [0.717, 1.165) is 37.2 Å². The van der Waals surface area contributed by atoms with E-state index in [9.17, 15) is 0 Å². The van der Waals surface area contributed by atoms with Gasteiger partial charge in [-0.2, -0.15) is 0 Å². The molecule has 100 valence electrons. The molecule has 4 heteroatoms. The Morgan fingerprint density at radius 2 is 2.33 bits per heavy atom. The predicted molar refractivity (Wildman–Crippen MR) is 74.8 cm³/mol. The number of nitrogens with one attached hydrogen (secondary N) is 1. The summed E-state index contributed by atoms with van der Waals surface area (Å²) in [7, 11) is 1.95. The molecular formula is C14H24N4. The van der Waals surface area contributed by atoms with Crippen LogP contribution in [0.3, 0.4) is 0 Å². The first kappa shape index (κ1) is 13.3. The van der Waals surface area contributed by atoms with Crippen LogP contribution in [0.1, 0.15) is 37.4 Å². The number of aromatic nitrogens is 2. The lowest BCUT2D eigenvalue weighted by atomic mass is 10.0. The highest BCUT2D eigenvalue weighted by molar-refractivity contribution is 5.34. The van der Waals surface area contributed by atoms with Crippen LogP contribution in [0.15, 0.2) is 6.20 Å². The maximum atomic E-state index is 4.64. The monoisotopic (exact) mass is 248 g/mol. The topological polar surface area (TPSA) is 41.1 Å². The van der Waals surface area contributed by atoms with E-state index in [1.54, 1.807) is 0 Å². The molecule has 0 aliphatic carbocycles. The molecule has 1 aliphatic rings. The van der Waals surface area contributed by atoms with Crippen LogP contribution in [-0.2, 0) is 6.54 Å². The van der Waals surface area contributed by atoms with Crippen molar-refractivity contribution in [2.24, 2.45) is 5.92 Å². The van der Waals surface area contributed by atoms with Crippen LogP contribution in [0.5, 0.6) is 0 Å². The Morgan fingerprint density at radius 1 is 1.50 bits per heavy atom. The van der Waals surface area contributed by atoms with Gasteiger partial charge in [-0.1, -0.05) is 13.3 Å². The second-order valence-corrected chi connectivity index (χ2v) is 5.20. The summed E-state index contributed by atoms with van der Waals surface area (Å²) in [5.41, 5.74) is 2.28. The quantitative estimate of drug-likeness (QED) is 0.866. The summed E-state index contributed by atoms with van der Waals surface area (Å²) in [5, 5.41) is 3.14. The standard InChI is InChI=1S/C14H24N4/c1-4-5-12-6-7-18(10-12)14-16-9-13(8-15-3)11(2)17-14/h9,12,15H,4-8,10H2,1-3H3.